The van der Waals surface area contributed by atoms with E-state index in [0.29, 0.717) is 28.5 Å². The lowest BCUT2D eigenvalue weighted by Crippen LogP contribution is -3.00. The number of ether oxygens (including phenoxy) is 3. The molecule has 28 heavy (non-hydrogen) atoms. The first kappa shape index (κ1) is 20.7. The fraction of sp³-hybridized carbons (Fsp3) is 0.0500. The summed E-state index contributed by atoms with van der Waals surface area (Å²) in [5.41, 5.74) is 0.926. The number of hydrogen-bond acceptors (Lipinski definition) is 5. The first-order valence-corrected chi connectivity index (χ1v) is 8.05. The normalized spacial score (nSPS) is 9.61. The number of rotatable bonds is 5. The molecule has 2 aromatic carbocycles. The van der Waals surface area contributed by atoms with Crippen LogP contribution in [0.25, 0.3) is 0 Å². The van der Waals surface area contributed by atoms with Crippen LogP contribution < -0.4 is 32.2 Å². The van der Waals surface area contributed by atoms with Crippen LogP contribution in [0, 0.1) is 0 Å². The van der Waals surface area contributed by atoms with Gasteiger partial charge >= 0.3 is 12.1 Å². The van der Waals surface area contributed by atoms with Gasteiger partial charge in [0.05, 0.1) is 12.7 Å². The summed E-state index contributed by atoms with van der Waals surface area (Å²) in [6, 6.07) is 16.6. The van der Waals surface area contributed by atoms with Crippen molar-refractivity contribution in [2.45, 2.75) is 0 Å². The molecule has 2 N–H and O–H groups in total. The maximum Gasteiger partial charge on any atom is 0.417 e. The van der Waals surface area contributed by atoms with Crippen LogP contribution in [0.3, 0.4) is 0 Å². The summed E-state index contributed by atoms with van der Waals surface area (Å²) >= 11 is 0. The molecule has 1 aromatic heterocycles. The quantitative estimate of drug-likeness (QED) is 0.637. The number of carbonyl (C=O) groups is 2. The average molecular weight is 401 g/mol. The predicted molar refractivity (Wildman–Crippen MR) is 96.9 cm³/mol. The maximum atomic E-state index is 12.0. The van der Waals surface area contributed by atoms with E-state index < -0.39 is 12.1 Å². The van der Waals surface area contributed by atoms with Gasteiger partial charge in [-0.15, -0.1) is 0 Å². The number of H-pyrrole nitrogens is 1. The van der Waals surface area contributed by atoms with E-state index in [9.17, 15) is 9.59 Å². The number of esters is 1. The zero-order chi connectivity index (χ0) is 19.1. The van der Waals surface area contributed by atoms with Crippen LogP contribution in [0.5, 0.6) is 17.2 Å². The summed E-state index contributed by atoms with van der Waals surface area (Å²) in [6.45, 7) is 0. The van der Waals surface area contributed by atoms with Gasteiger partial charge in [0.25, 0.3) is 0 Å². The van der Waals surface area contributed by atoms with Crippen molar-refractivity contribution < 1.29 is 41.2 Å². The summed E-state index contributed by atoms with van der Waals surface area (Å²) in [7, 11) is 1.30. The molecule has 0 unspecified atom stereocenters. The number of aromatic nitrogens is 1. The van der Waals surface area contributed by atoms with E-state index in [4.69, 9.17) is 9.47 Å². The molecule has 1 heterocycles. The fourth-order valence-electron chi connectivity index (χ4n) is 2.21. The standard InChI is InChI=1S/C20H16N2O5.ClH/c1-25-19(23)14-4-8-17(9-5-14)27-20(24)22-15-6-10-16(11-7-15)26-18-3-2-12-21-13-18;/h2-13H,1H3,(H,22,24);1H. The Hall–Kier alpha value is -3.58. The Kier molecular flexibility index (Phi) is 7.36. The first-order valence-electron chi connectivity index (χ1n) is 8.05. The van der Waals surface area contributed by atoms with Gasteiger partial charge in [-0.25, -0.2) is 14.6 Å². The van der Waals surface area contributed by atoms with Crippen molar-refractivity contribution in [3.05, 3.63) is 78.6 Å². The van der Waals surface area contributed by atoms with Gasteiger partial charge in [-0.05, 0) is 54.6 Å². The first-order chi connectivity index (χ1) is 13.1. The lowest BCUT2D eigenvalue weighted by atomic mass is 10.2. The Morgan fingerprint density at radius 1 is 0.893 bits per heavy atom. The van der Waals surface area contributed by atoms with Crippen LogP contribution >= 0.6 is 0 Å². The van der Waals surface area contributed by atoms with Crippen LogP contribution in [-0.4, -0.2) is 19.2 Å². The Morgan fingerprint density at radius 3 is 2.18 bits per heavy atom. The smallest absolute Gasteiger partial charge is 0.417 e. The molecule has 0 saturated heterocycles. The van der Waals surface area contributed by atoms with Gasteiger partial charge in [0.2, 0.25) is 6.20 Å². The molecule has 0 aliphatic rings. The third-order valence-corrected chi connectivity index (χ3v) is 3.50. The lowest BCUT2D eigenvalue weighted by Gasteiger charge is -2.08. The van der Waals surface area contributed by atoms with Crippen molar-refractivity contribution in [2.75, 3.05) is 12.4 Å². The summed E-state index contributed by atoms with van der Waals surface area (Å²) in [5.74, 6) is 1.15. The number of halogens is 1. The summed E-state index contributed by atoms with van der Waals surface area (Å²) in [5, 5.41) is 2.62. The largest absolute Gasteiger partial charge is 1.00 e. The van der Waals surface area contributed by atoms with E-state index >= 15 is 0 Å². The van der Waals surface area contributed by atoms with Crippen molar-refractivity contribution in [1.82, 2.24) is 0 Å². The summed E-state index contributed by atoms with van der Waals surface area (Å²) < 4.78 is 15.4. The topological polar surface area (TPSA) is 88.0 Å². The second-order valence-corrected chi connectivity index (χ2v) is 5.40. The van der Waals surface area contributed by atoms with E-state index in [1.807, 2.05) is 12.1 Å². The molecule has 0 saturated carbocycles. The third-order valence-electron chi connectivity index (χ3n) is 3.50. The Morgan fingerprint density at radius 2 is 1.57 bits per heavy atom. The second-order valence-electron chi connectivity index (χ2n) is 5.40. The molecule has 3 rings (SSSR count). The fourth-order valence-corrected chi connectivity index (χ4v) is 2.21. The minimum Gasteiger partial charge on any atom is -1.00 e. The number of hydrogen-bond donors (Lipinski definition) is 1. The molecule has 0 radical (unpaired) electrons. The van der Waals surface area contributed by atoms with Gasteiger partial charge < -0.3 is 26.6 Å². The third kappa shape index (κ3) is 5.72. The summed E-state index contributed by atoms with van der Waals surface area (Å²) in [6.07, 6.45) is 2.87. The molecule has 0 spiro atoms. The Bertz CT molecular complexity index is 916. The highest BCUT2D eigenvalue weighted by atomic mass is 35.5. The van der Waals surface area contributed by atoms with Gasteiger partial charge in [0.1, 0.15) is 11.5 Å². The minimum absolute atomic E-state index is 0. The van der Waals surface area contributed by atoms with Crippen molar-refractivity contribution in [3.8, 4) is 17.2 Å². The molecule has 0 atom stereocenters. The number of carbonyl (C=O) groups excluding carboxylic acids is 2. The number of benzene rings is 2. The molecule has 8 heteroatoms. The molecule has 1 amide bonds. The number of anilines is 1. The Balaban J connectivity index is 0.00000280. The van der Waals surface area contributed by atoms with Gasteiger partial charge in [-0.3, -0.25) is 5.32 Å². The molecule has 144 valence electrons. The number of amides is 1. The predicted octanol–water partition coefficient (Wildman–Crippen LogP) is 0.694. The van der Waals surface area contributed by atoms with E-state index in [0.717, 1.165) is 0 Å². The van der Waals surface area contributed by atoms with Crippen LogP contribution in [0.1, 0.15) is 10.4 Å². The monoisotopic (exact) mass is 400 g/mol. The lowest BCUT2D eigenvalue weighted by molar-refractivity contribution is -0.378. The highest BCUT2D eigenvalue weighted by molar-refractivity contribution is 5.90. The van der Waals surface area contributed by atoms with Crippen LogP contribution in [0.2, 0.25) is 0 Å². The van der Waals surface area contributed by atoms with E-state index in [1.54, 1.807) is 36.7 Å². The van der Waals surface area contributed by atoms with Crippen molar-refractivity contribution in [2.24, 2.45) is 0 Å². The Labute approximate surface area is 167 Å². The van der Waals surface area contributed by atoms with E-state index in [1.165, 1.54) is 31.4 Å². The molecule has 0 aliphatic carbocycles. The molecule has 7 nitrogen and oxygen atoms in total. The van der Waals surface area contributed by atoms with Crippen LogP contribution in [0.4, 0.5) is 10.5 Å². The summed E-state index contributed by atoms with van der Waals surface area (Å²) in [4.78, 5) is 26.3. The van der Waals surface area contributed by atoms with E-state index in [-0.39, 0.29) is 12.4 Å². The number of aromatic amines is 1. The van der Waals surface area contributed by atoms with Crippen LogP contribution in [-0.2, 0) is 4.74 Å². The number of nitrogens with one attached hydrogen (secondary N) is 2. The minimum atomic E-state index is -0.646. The highest BCUT2D eigenvalue weighted by Gasteiger charge is 2.08. The second kappa shape index (κ2) is 9.94. The SMILES string of the molecule is COC(=O)c1ccc(OC(=O)Nc2ccc(Oc3ccc[nH+]c3)cc2)cc1.[Cl-]. The van der Waals surface area contributed by atoms with Gasteiger partial charge in [0, 0.05) is 11.8 Å². The zero-order valence-corrected chi connectivity index (χ0v) is 15.6. The molecule has 0 aliphatic heterocycles. The van der Waals surface area contributed by atoms with Gasteiger partial charge in [-0.2, -0.15) is 0 Å². The van der Waals surface area contributed by atoms with Crippen molar-refractivity contribution >= 4 is 17.7 Å². The highest BCUT2D eigenvalue weighted by Crippen LogP contribution is 2.22. The van der Waals surface area contributed by atoms with Gasteiger partial charge in [-0.1, -0.05) is 0 Å². The number of methoxy groups -OCH3 is 1. The number of pyridine rings is 1. The van der Waals surface area contributed by atoms with Crippen molar-refractivity contribution in [1.29, 1.82) is 0 Å². The van der Waals surface area contributed by atoms with Crippen LogP contribution in [0.15, 0.2) is 73.1 Å². The molecule has 0 bridgehead atoms. The van der Waals surface area contributed by atoms with E-state index in [2.05, 4.69) is 15.0 Å². The van der Waals surface area contributed by atoms with Gasteiger partial charge in [0.15, 0.2) is 11.9 Å². The maximum absolute atomic E-state index is 12.0. The molecule has 3 aromatic rings. The molecular formula is C20H17ClN2O5. The molecule has 0 fully saturated rings. The zero-order valence-electron chi connectivity index (χ0n) is 14.8. The average Bonchev–Trinajstić information content (AvgIpc) is 2.70. The molecular weight excluding hydrogens is 384 g/mol. The van der Waals surface area contributed by atoms with Crippen molar-refractivity contribution in [3.63, 3.8) is 0 Å².